The van der Waals surface area contributed by atoms with Crippen LogP contribution in [0.1, 0.15) is 12.5 Å². The Kier molecular flexibility index (Phi) is 5.48. The van der Waals surface area contributed by atoms with Crippen LogP contribution in [0.15, 0.2) is 42.5 Å². The van der Waals surface area contributed by atoms with E-state index in [4.69, 9.17) is 31.1 Å². The predicted octanol–water partition coefficient (Wildman–Crippen LogP) is 2.92. The van der Waals surface area contributed by atoms with Crippen LogP contribution < -0.4 is 14.8 Å². The Balaban J connectivity index is 1.57. The van der Waals surface area contributed by atoms with Gasteiger partial charge in [-0.05, 0) is 37.3 Å². The molecule has 0 unspecified atom stereocenters. The maximum atomic E-state index is 12.2. The number of carbonyl (C=O) groups is 2. The lowest BCUT2D eigenvalue weighted by Crippen LogP contribution is -2.41. The molecule has 1 heterocycles. The highest BCUT2D eigenvalue weighted by atomic mass is 35.5. The van der Waals surface area contributed by atoms with Crippen molar-refractivity contribution in [1.82, 2.24) is 0 Å². The smallest absolute Gasteiger partial charge is 0.351 e. The molecule has 0 saturated heterocycles. The van der Waals surface area contributed by atoms with E-state index in [1.165, 1.54) is 25.1 Å². The van der Waals surface area contributed by atoms with E-state index in [1.807, 2.05) is 6.07 Å². The van der Waals surface area contributed by atoms with Gasteiger partial charge in [-0.15, -0.1) is 0 Å². The number of anilines is 1. The fourth-order valence-corrected chi connectivity index (χ4v) is 2.59. The second-order valence-electron chi connectivity index (χ2n) is 5.74. The molecule has 8 heteroatoms. The minimum absolute atomic E-state index is 0.00455. The van der Waals surface area contributed by atoms with Crippen molar-refractivity contribution >= 4 is 29.2 Å². The van der Waals surface area contributed by atoms with Gasteiger partial charge in [0, 0.05) is 5.69 Å². The number of nitrogens with one attached hydrogen (secondary N) is 1. The number of ether oxygens (including phenoxy) is 3. The summed E-state index contributed by atoms with van der Waals surface area (Å²) in [5.74, 6) is -0.258. The SMILES string of the molecule is C[C@@H](OC(=O)[C@H]1COc2ccccc2O1)C(=O)Nc1ccc(C#N)c(Cl)c1. The maximum absolute atomic E-state index is 12.2. The standard InChI is InChI=1S/C19H15ClN2O5/c1-11(18(23)22-13-7-6-12(9-21)14(20)8-13)26-19(24)17-10-25-15-4-2-3-5-16(15)27-17/h2-8,11,17H,10H2,1H3,(H,22,23)/t11-,17-/m1/s1. The molecule has 2 atom stereocenters. The van der Waals surface area contributed by atoms with Gasteiger partial charge < -0.3 is 19.5 Å². The van der Waals surface area contributed by atoms with E-state index in [9.17, 15) is 9.59 Å². The molecule has 0 spiro atoms. The molecule has 1 aliphatic heterocycles. The maximum Gasteiger partial charge on any atom is 0.351 e. The van der Waals surface area contributed by atoms with Crippen molar-refractivity contribution < 1.29 is 23.8 Å². The number of para-hydroxylation sites is 2. The third-order valence-corrected chi connectivity index (χ3v) is 4.10. The summed E-state index contributed by atoms with van der Waals surface area (Å²) >= 11 is 5.93. The zero-order chi connectivity index (χ0) is 19.4. The largest absolute Gasteiger partial charge is 0.485 e. The molecule has 0 saturated carbocycles. The molecule has 3 rings (SSSR count). The molecule has 0 bridgehead atoms. The summed E-state index contributed by atoms with van der Waals surface area (Å²) in [4.78, 5) is 24.5. The van der Waals surface area contributed by atoms with Crippen LogP contribution in [0, 0.1) is 11.3 Å². The van der Waals surface area contributed by atoms with Crippen LogP contribution in [-0.4, -0.2) is 30.7 Å². The Bertz CT molecular complexity index is 925. The van der Waals surface area contributed by atoms with Crippen molar-refractivity contribution in [3.05, 3.63) is 53.1 Å². The first kappa shape index (κ1) is 18.5. The van der Waals surface area contributed by atoms with Crippen LogP contribution in [-0.2, 0) is 14.3 Å². The van der Waals surface area contributed by atoms with Gasteiger partial charge in [-0.25, -0.2) is 4.79 Å². The molecule has 2 aromatic rings. The molecule has 1 aliphatic rings. The predicted molar refractivity (Wildman–Crippen MR) is 96.7 cm³/mol. The first-order valence-corrected chi connectivity index (χ1v) is 8.45. The van der Waals surface area contributed by atoms with Crippen molar-refractivity contribution in [2.24, 2.45) is 0 Å². The molecule has 138 valence electrons. The van der Waals surface area contributed by atoms with Crippen LogP contribution in [0.2, 0.25) is 5.02 Å². The number of esters is 1. The van der Waals surface area contributed by atoms with Gasteiger partial charge in [0.2, 0.25) is 6.10 Å². The van der Waals surface area contributed by atoms with Crippen LogP contribution in [0.3, 0.4) is 0 Å². The summed E-state index contributed by atoms with van der Waals surface area (Å²) in [6, 6.07) is 13.4. The molecule has 0 aliphatic carbocycles. The number of benzene rings is 2. The van der Waals surface area contributed by atoms with Crippen molar-refractivity contribution in [3.8, 4) is 17.6 Å². The van der Waals surface area contributed by atoms with Gasteiger partial charge in [0.25, 0.3) is 5.91 Å². The van der Waals surface area contributed by atoms with Crippen molar-refractivity contribution in [2.75, 3.05) is 11.9 Å². The van der Waals surface area contributed by atoms with E-state index in [1.54, 1.807) is 24.3 Å². The van der Waals surface area contributed by atoms with Crippen molar-refractivity contribution in [3.63, 3.8) is 0 Å². The first-order valence-electron chi connectivity index (χ1n) is 8.07. The highest BCUT2D eigenvalue weighted by Gasteiger charge is 2.31. The van der Waals surface area contributed by atoms with Crippen LogP contribution in [0.5, 0.6) is 11.5 Å². The van der Waals surface area contributed by atoms with E-state index in [0.29, 0.717) is 22.7 Å². The molecule has 1 N–H and O–H groups in total. The number of rotatable bonds is 4. The molecule has 2 aromatic carbocycles. The first-order chi connectivity index (χ1) is 13.0. The summed E-state index contributed by atoms with van der Waals surface area (Å²) in [7, 11) is 0. The summed E-state index contributed by atoms with van der Waals surface area (Å²) < 4.78 is 16.2. The molecule has 0 radical (unpaired) electrons. The Hall–Kier alpha value is -3.24. The van der Waals surface area contributed by atoms with Crippen LogP contribution in [0.25, 0.3) is 0 Å². The topological polar surface area (TPSA) is 97.7 Å². The van der Waals surface area contributed by atoms with E-state index >= 15 is 0 Å². The molecular weight excluding hydrogens is 372 g/mol. The lowest BCUT2D eigenvalue weighted by molar-refractivity contribution is -0.162. The van der Waals surface area contributed by atoms with Crippen LogP contribution in [0.4, 0.5) is 5.69 Å². The van der Waals surface area contributed by atoms with E-state index in [-0.39, 0.29) is 11.6 Å². The van der Waals surface area contributed by atoms with Crippen molar-refractivity contribution in [1.29, 1.82) is 5.26 Å². The fraction of sp³-hybridized carbons (Fsp3) is 0.211. The monoisotopic (exact) mass is 386 g/mol. The van der Waals surface area contributed by atoms with Gasteiger partial charge in [-0.3, -0.25) is 4.79 Å². The quantitative estimate of drug-likeness (QED) is 0.811. The summed E-state index contributed by atoms with van der Waals surface area (Å²) in [5.41, 5.74) is 0.682. The van der Waals surface area contributed by atoms with Crippen molar-refractivity contribution in [2.45, 2.75) is 19.1 Å². The average Bonchev–Trinajstić information content (AvgIpc) is 2.67. The van der Waals surface area contributed by atoms with Crippen LogP contribution >= 0.6 is 11.6 Å². The highest BCUT2D eigenvalue weighted by Crippen LogP contribution is 2.31. The number of hydrogen-bond donors (Lipinski definition) is 1. The van der Waals surface area contributed by atoms with Gasteiger partial charge in [0.05, 0.1) is 10.6 Å². The summed E-state index contributed by atoms with van der Waals surface area (Å²) in [6.07, 6.45) is -2.02. The zero-order valence-electron chi connectivity index (χ0n) is 14.3. The molecule has 27 heavy (non-hydrogen) atoms. The molecule has 1 amide bonds. The average molecular weight is 387 g/mol. The van der Waals surface area contributed by atoms with Gasteiger partial charge >= 0.3 is 5.97 Å². The Morgan fingerprint density at radius 2 is 2.04 bits per heavy atom. The molecule has 7 nitrogen and oxygen atoms in total. The molecule has 0 fully saturated rings. The number of fused-ring (bicyclic) bond motifs is 1. The highest BCUT2D eigenvalue weighted by molar-refractivity contribution is 6.32. The molecule has 0 aromatic heterocycles. The minimum atomic E-state index is -1.06. The molecular formula is C19H15ClN2O5. The lowest BCUT2D eigenvalue weighted by Gasteiger charge is -2.25. The number of nitrogens with zero attached hydrogens (tertiary/aromatic N) is 1. The van der Waals surface area contributed by atoms with Gasteiger partial charge in [-0.1, -0.05) is 23.7 Å². The third kappa shape index (κ3) is 4.30. The third-order valence-electron chi connectivity index (χ3n) is 3.79. The van der Waals surface area contributed by atoms with Gasteiger partial charge in [-0.2, -0.15) is 5.26 Å². The number of hydrogen-bond acceptors (Lipinski definition) is 6. The summed E-state index contributed by atoms with van der Waals surface area (Å²) in [5, 5.41) is 11.7. The van der Waals surface area contributed by atoms with Gasteiger partial charge in [0.1, 0.15) is 12.7 Å². The second kappa shape index (κ2) is 7.98. The Labute approximate surface area is 160 Å². The Morgan fingerprint density at radius 1 is 1.30 bits per heavy atom. The van der Waals surface area contributed by atoms with Gasteiger partial charge in [0.15, 0.2) is 17.6 Å². The zero-order valence-corrected chi connectivity index (χ0v) is 15.0. The second-order valence-corrected chi connectivity index (χ2v) is 6.15. The minimum Gasteiger partial charge on any atom is -0.485 e. The summed E-state index contributed by atoms with van der Waals surface area (Å²) in [6.45, 7) is 1.44. The number of halogens is 1. The normalized spacial score (nSPS) is 16.0. The number of nitriles is 1. The number of amides is 1. The van der Waals surface area contributed by atoms with E-state index < -0.39 is 24.1 Å². The van der Waals surface area contributed by atoms with E-state index in [0.717, 1.165) is 0 Å². The van der Waals surface area contributed by atoms with E-state index in [2.05, 4.69) is 5.32 Å². The number of carbonyl (C=O) groups excluding carboxylic acids is 2. The Morgan fingerprint density at radius 3 is 2.74 bits per heavy atom. The lowest BCUT2D eigenvalue weighted by atomic mass is 10.2. The fourth-order valence-electron chi connectivity index (χ4n) is 2.37.